The molecule has 0 aliphatic heterocycles. The first kappa shape index (κ1) is 12.9. The van der Waals surface area contributed by atoms with Gasteiger partial charge in [0.2, 0.25) is 0 Å². The first-order valence-corrected chi connectivity index (χ1v) is 5.92. The average Bonchev–Trinajstić information content (AvgIpc) is 2.30. The van der Waals surface area contributed by atoms with E-state index in [2.05, 4.69) is 12.6 Å². The SMILES string of the molecule is CCOC(=O)c1ccccc1OCCCS. The van der Waals surface area contributed by atoms with Gasteiger partial charge in [-0.2, -0.15) is 12.6 Å². The molecular weight excluding hydrogens is 224 g/mol. The van der Waals surface area contributed by atoms with Gasteiger partial charge in [0, 0.05) is 0 Å². The first-order valence-electron chi connectivity index (χ1n) is 5.29. The predicted molar refractivity (Wildman–Crippen MR) is 66.4 cm³/mol. The van der Waals surface area contributed by atoms with Gasteiger partial charge in [-0.3, -0.25) is 0 Å². The van der Waals surface area contributed by atoms with E-state index in [4.69, 9.17) is 9.47 Å². The van der Waals surface area contributed by atoms with Crippen LogP contribution in [-0.4, -0.2) is 24.9 Å². The van der Waals surface area contributed by atoms with Crippen molar-refractivity contribution in [1.29, 1.82) is 0 Å². The highest BCUT2D eigenvalue weighted by Gasteiger charge is 2.12. The molecule has 0 heterocycles. The van der Waals surface area contributed by atoms with Gasteiger partial charge in [0.05, 0.1) is 13.2 Å². The Morgan fingerprint density at radius 3 is 2.81 bits per heavy atom. The van der Waals surface area contributed by atoms with Gasteiger partial charge >= 0.3 is 5.97 Å². The molecule has 0 fully saturated rings. The summed E-state index contributed by atoms with van der Waals surface area (Å²) in [5.74, 6) is 0.994. The van der Waals surface area contributed by atoms with Crippen molar-refractivity contribution in [3.8, 4) is 5.75 Å². The summed E-state index contributed by atoms with van der Waals surface area (Å²) in [5, 5.41) is 0. The lowest BCUT2D eigenvalue weighted by Crippen LogP contribution is -2.08. The van der Waals surface area contributed by atoms with E-state index in [-0.39, 0.29) is 5.97 Å². The molecule has 0 saturated heterocycles. The Bertz CT molecular complexity index is 339. The summed E-state index contributed by atoms with van der Waals surface area (Å²) in [6.07, 6.45) is 0.847. The fourth-order valence-electron chi connectivity index (χ4n) is 1.22. The van der Waals surface area contributed by atoms with E-state index in [0.717, 1.165) is 12.2 Å². The van der Waals surface area contributed by atoms with E-state index in [1.54, 1.807) is 25.1 Å². The second-order valence-corrected chi connectivity index (χ2v) is 3.59. The van der Waals surface area contributed by atoms with Crippen molar-refractivity contribution in [1.82, 2.24) is 0 Å². The summed E-state index contributed by atoms with van der Waals surface area (Å²) in [5.41, 5.74) is 0.475. The number of hydrogen-bond acceptors (Lipinski definition) is 4. The summed E-state index contributed by atoms with van der Waals surface area (Å²) in [6, 6.07) is 7.09. The fourth-order valence-corrected chi connectivity index (χ4v) is 1.35. The average molecular weight is 240 g/mol. The molecule has 0 amide bonds. The van der Waals surface area contributed by atoms with Crippen LogP contribution in [0, 0.1) is 0 Å². The van der Waals surface area contributed by atoms with Crippen LogP contribution in [-0.2, 0) is 4.74 Å². The van der Waals surface area contributed by atoms with Crippen LogP contribution in [0.4, 0.5) is 0 Å². The Kier molecular flexibility index (Phi) is 5.78. The highest BCUT2D eigenvalue weighted by Crippen LogP contribution is 2.19. The van der Waals surface area contributed by atoms with Crippen LogP contribution < -0.4 is 4.74 Å². The number of hydrogen-bond donors (Lipinski definition) is 1. The summed E-state index contributed by atoms with van der Waals surface area (Å²) in [7, 11) is 0. The van der Waals surface area contributed by atoms with Crippen LogP contribution in [0.2, 0.25) is 0 Å². The highest BCUT2D eigenvalue weighted by atomic mass is 32.1. The molecule has 0 N–H and O–H groups in total. The van der Waals surface area contributed by atoms with Crippen LogP contribution in [0.15, 0.2) is 24.3 Å². The van der Waals surface area contributed by atoms with Crippen LogP contribution in [0.25, 0.3) is 0 Å². The lowest BCUT2D eigenvalue weighted by atomic mass is 10.2. The minimum absolute atomic E-state index is 0.344. The van der Waals surface area contributed by atoms with E-state index < -0.39 is 0 Å². The maximum absolute atomic E-state index is 11.6. The summed E-state index contributed by atoms with van der Waals surface area (Å²) < 4.78 is 10.4. The third-order valence-electron chi connectivity index (χ3n) is 1.94. The van der Waals surface area contributed by atoms with Crippen LogP contribution in [0.5, 0.6) is 5.75 Å². The minimum Gasteiger partial charge on any atom is -0.493 e. The number of rotatable bonds is 6. The predicted octanol–water partition coefficient (Wildman–Crippen LogP) is 2.56. The summed E-state index contributed by atoms with van der Waals surface area (Å²) in [4.78, 5) is 11.6. The number of para-hydroxylation sites is 1. The Hall–Kier alpha value is -1.16. The van der Waals surface area contributed by atoms with Gasteiger partial charge in [0.1, 0.15) is 11.3 Å². The molecule has 0 bridgehead atoms. The first-order chi connectivity index (χ1) is 7.79. The van der Waals surface area contributed by atoms with E-state index >= 15 is 0 Å². The van der Waals surface area contributed by atoms with E-state index in [0.29, 0.717) is 24.5 Å². The molecule has 0 aliphatic rings. The smallest absolute Gasteiger partial charge is 0.341 e. The number of benzene rings is 1. The molecule has 0 aliphatic carbocycles. The molecule has 0 aromatic heterocycles. The van der Waals surface area contributed by atoms with Crippen LogP contribution in [0.1, 0.15) is 23.7 Å². The van der Waals surface area contributed by atoms with E-state index in [1.807, 2.05) is 6.07 Å². The Morgan fingerprint density at radius 1 is 1.38 bits per heavy atom. The zero-order valence-electron chi connectivity index (χ0n) is 9.31. The number of ether oxygens (including phenoxy) is 2. The van der Waals surface area contributed by atoms with E-state index in [1.165, 1.54) is 0 Å². The van der Waals surface area contributed by atoms with Gasteiger partial charge in [-0.05, 0) is 31.2 Å². The molecule has 0 spiro atoms. The van der Waals surface area contributed by atoms with E-state index in [9.17, 15) is 4.79 Å². The number of esters is 1. The molecule has 1 aromatic rings. The van der Waals surface area contributed by atoms with Crippen molar-refractivity contribution >= 4 is 18.6 Å². The van der Waals surface area contributed by atoms with Gasteiger partial charge in [0.15, 0.2) is 0 Å². The molecule has 0 atom stereocenters. The second kappa shape index (κ2) is 7.17. The van der Waals surface area contributed by atoms with Crippen molar-refractivity contribution in [3.05, 3.63) is 29.8 Å². The number of carbonyl (C=O) groups excluding carboxylic acids is 1. The zero-order valence-corrected chi connectivity index (χ0v) is 10.2. The molecule has 16 heavy (non-hydrogen) atoms. The van der Waals surface area contributed by atoms with Gasteiger partial charge in [-0.1, -0.05) is 12.1 Å². The standard InChI is InChI=1S/C12H16O3S/c1-2-14-12(13)10-6-3-4-7-11(10)15-8-5-9-16/h3-4,6-7,16H,2,5,8-9H2,1H3. The van der Waals surface area contributed by atoms with Crippen molar-refractivity contribution in [2.45, 2.75) is 13.3 Å². The maximum Gasteiger partial charge on any atom is 0.341 e. The van der Waals surface area contributed by atoms with Crippen molar-refractivity contribution in [2.24, 2.45) is 0 Å². The Labute approximate surface area is 101 Å². The fraction of sp³-hybridized carbons (Fsp3) is 0.417. The Morgan fingerprint density at radius 2 is 2.12 bits per heavy atom. The Balaban J connectivity index is 2.71. The second-order valence-electron chi connectivity index (χ2n) is 3.14. The molecule has 4 heteroatoms. The van der Waals surface area contributed by atoms with Gasteiger partial charge in [0.25, 0.3) is 0 Å². The summed E-state index contributed by atoms with van der Waals surface area (Å²) >= 11 is 4.10. The minimum atomic E-state index is -0.344. The quantitative estimate of drug-likeness (QED) is 0.471. The van der Waals surface area contributed by atoms with Crippen LogP contribution in [0.3, 0.4) is 0 Å². The molecule has 88 valence electrons. The number of thiol groups is 1. The summed E-state index contributed by atoms with van der Waals surface area (Å²) in [6.45, 7) is 2.70. The lowest BCUT2D eigenvalue weighted by Gasteiger charge is -2.09. The highest BCUT2D eigenvalue weighted by molar-refractivity contribution is 7.80. The topological polar surface area (TPSA) is 35.5 Å². The van der Waals surface area contributed by atoms with Crippen molar-refractivity contribution in [2.75, 3.05) is 19.0 Å². The van der Waals surface area contributed by atoms with Crippen LogP contribution >= 0.6 is 12.6 Å². The lowest BCUT2D eigenvalue weighted by molar-refractivity contribution is 0.0521. The molecule has 3 nitrogen and oxygen atoms in total. The van der Waals surface area contributed by atoms with Gasteiger partial charge in [-0.25, -0.2) is 4.79 Å². The molecule has 1 rings (SSSR count). The molecule has 0 radical (unpaired) electrons. The van der Waals surface area contributed by atoms with Gasteiger partial charge in [-0.15, -0.1) is 0 Å². The maximum atomic E-state index is 11.6. The normalized spacial score (nSPS) is 9.88. The monoisotopic (exact) mass is 240 g/mol. The molecule has 1 aromatic carbocycles. The number of carbonyl (C=O) groups is 1. The van der Waals surface area contributed by atoms with Crippen molar-refractivity contribution in [3.63, 3.8) is 0 Å². The third-order valence-corrected chi connectivity index (χ3v) is 2.26. The zero-order chi connectivity index (χ0) is 11.8. The molecule has 0 saturated carbocycles. The van der Waals surface area contributed by atoms with Crippen molar-refractivity contribution < 1.29 is 14.3 Å². The molecule has 0 unspecified atom stereocenters. The third kappa shape index (κ3) is 3.77. The largest absolute Gasteiger partial charge is 0.493 e. The molecular formula is C12H16O3S. The van der Waals surface area contributed by atoms with Gasteiger partial charge < -0.3 is 9.47 Å².